The summed E-state index contributed by atoms with van der Waals surface area (Å²) in [6.45, 7) is 4.14. The maximum absolute atomic E-state index is 11.8. The lowest BCUT2D eigenvalue weighted by molar-refractivity contribution is 0.0988. The number of Topliss-reactive ketones (excluding diaryl/α,β-unsaturated/α-hetero) is 1. The minimum absolute atomic E-state index is 0.0830. The van der Waals surface area contributed by atoms with Gasteiger partial charge in [0.2, 0.25) is 0 Å². The number of benzene rings is 2. The Balaban J connectivity index is 1.56. The molecule has 31 heavy (non-hydrogen) atoms. The van der Waals surface area contributed by atoms with E-state index in [1.165, 1.54) is 43.2 Å². The summed E-state index contributed by atoms with van der Waals surface area (Å²) < 4.78 is 0. The van der Waals surface area contributed by atoms with Crippen molar-refractivity contribution in [2.45, 2.75) is 90.4 Å². The van der Waals surface area contributed by atoms with E-state index >= 15 is 0 Å². The van der Waals surface area contributed by atoms with Crippen molar-refractivity contribution in [1.82, 2.24) is 0 Å². The molecule has 0 spiro atoms. The van der Waals surface area contributed by atoms with E-state index < -0.39 is 0 Å². The van der Waals surface area contributed by atoms with Crippen molar-refractivity contribution in [1.29, 1.82) is 5.26 Å². The van der Waals surface area contributed by atoms with Crippen LogP contribution >= 0.6 is 0 Å². The third kappa shape index (κ3) is 6.07. The molecule has 1 aliphatic carbocycles. The zero-order valence-electron chi connectivity index (χ0n) is 19.3. The molecule has 2 heteroatoms. The maximum atomic E-state index is 11.8. The van der Waals surface area contributed by atoms with E-state index in [1.54, 1.807) is 0 Å². The Bertz CT molecular complexity index is 864. The lowest BCUT2D eigenvalue weighted by atomic mass is 9.67. The molecule has 0 radical (unpaired) electrons. The van der Waals surface area contributed by atoms with E-state index in [9.17, 15) is 10.1 Å². The van der Waals surface area contributed by atoms with Crippen LogP contribution in [0, 0.1) is 16.7 Å². The van der Waals surface area contributed by atoms with Gasteiger partial charge in [-0.1, -0.05) is 94.5 Å². The molecule has 0 aliphatic heterocycles. The summed E-state index contributed by atoms with van der Waals surface area (Å²) in [5.74, 6) is 0.758. The van der Waals surface area contributed by atoms with Crippen molar-refractivity contribution < 1.29 is 4.79 Å². The second kappa shape index (κ2) is 11.3. The Morgan fingerprint density at radius 3 is 2.03 bits per heavy atom. The average Bonchev–Trinajstić information content (AvgIpc) is 2.84. The number of carbonyl (C=O) groups excluding carboxylic acids is 1. The van der Waals surface area contributed by atoms with Gasteiger partial charge in [0.25, 0.3) is 0 Å². The SMILES string of the molecule is CCCCCCCC1(C#N)CCC(c2ccc(-c3ccc(C(=O)CC)cc3)cc2)CC1. The van der Waals surface area contributed by atoms with Crippen LogP contribution < -0.4 is 0 Å². The summed E-state index contributed by atoms with van der Waals surface area (Å²) in [5, 5.41) is 9.86. The smallest absolute Gasteiger partial charge is 0.162 e. The Hall–Kier alpha value is -2.40. The number of nitrogens with zero attached hydrogens (tertiary/aromatic N) is 1. The molecular weight excluding hydrogens is 378 g/mol. The molecule has 0 aromatic heterocycles. The van der Waals surface area contributed by atoms with E-state index in [1.807, 2.05) is 31.2 Å². The number of hydrogen-bond acceptors (Lipinski definition) is 2. The van der Waals surface area contributed by atoms with Crippen LogP contribution in [0.15, 0.2) is 48.5 Å². The van der Waals surface area contributed by atoms with Crippen LogP contribution in [0.5, 0.6) is 0 Å². The predicted octanol–water partition coefficient (Wildman–Crippen LogP) is 8.47. The molecule has 0 atom stereocenters. The van der Waals surface area contributed by atoms with Crippen LogP contribution in [-0.2, 0) is 0 Å². The quantitative estimate of drug-likeness (QED) is 0.288. The fourth-order valence-corrected chi connectivity index (χ4v) is 4.99. The van der Waals surface area contributed by atoms with E-state index in [4.69, 9.17) is 0 Å². The third-order valence-electron chi connectivity index (χ3n) is 7.18. The first-order valence-electron chi connectivity index (χ1n) is 12.3. The summed E-state index contributed by atoms with van der Waals surface area (Å²) in [4.78, 5) is 11.8. The Morgan fingerprint density at radius 1 is 0.903 bits per heavy atom. The van der Waals surface area contributed by atoms with Crippen molar-refractivity contribution in [2.24, 2.45) is 5.41 Å². The highest BCUT2D eigenvalue weighted by atomic mass is 16.1. The maximum Gasteiger partial charge on any atom is 0.162 e. The van der Waals surface area contributed by atoms with Crippen LogP contribution in [0.4, 0.5) is 0 Å². The van der Waals surface area contributed by atoms with Gasteiger partial charge in [-0.05, 0) is 54.7 Å². The lowest BCUT2D eigenvalue weighted by Crippen LogP contribution is -2.25. The van der Waals surface area contributed by atoms with E-state index in [0.717, 1.165) is 43.2 Å². The Morgan fingerprint density at radius 2 is 1.48 bits per heavy atom. The van der Waals surface area contributed by atoms with Crippen LogP contribution in [0.3, 0.4) is 0 Å². The zero-order valence-corrected chi connectivity index (χ0v) is 19.3. The van der Waals surface area contributed by atoms with Crippen molar-refractivity contribution >= 4 is 5.78 Å². The third-order valence-corrected chi connectivity index (χ3v) is 7.18. The van der Waals surface area contributed by atoms with Gasteiger partial charge in [0.1, 0.15) is 0 Å². The first-order valence-corrected chi connectivity index (χ1v) is 12.3. The van der Waals surface area contributed by atoms with Crippen molar-refractivity contribution in [3.05, 3.63) is 59.7 Å². The summed E-state index contributed by atoms with van der Waals surface area (Å²) in [5.41, 5.74) is 4.44. The van der Waals surface area contributed by atoms with Gasteiger partial charge in [-0.25, -0.2) is 0 Å². The summed E-state index contributed by atoms with van der Waals surface area (Å²) in [6.07, 6.45) is 12.3. The molecular formula is C29H37NO. The van der Waals surface area contributed by atoms with Crippen LogP contribution in [0.2, 0.25) is 0 Å². The molecule has 2 aromatic rings. The highest BCUT2D eigenvalue weighted by Gasteiger charge is 2.35. The number of ketones is 1. The molecule has 1 saturated carbocycles. The number of nitriles is 1. The monoisotopic (exact) mass is 415 g/mol. The van der Waals surface area contributed by atoms with Gasteiger partial charge >= 0.3 is 0 Å². The number of rotatable bonds is 10. The predicted molar refractivity (Wildman–Crippen MR) is 129 cm³/mol. The highest BCUT2D eigenvalue weighted by Crippen LogP contribution is 2.45. The molecule has 2 aromatic carbocycles. The average molecular weight is 416 g/mol. The fraction of sp³-hybridized carbons (Fsp3) is 0.517. The molecule has 3 rings (SSSR count). The van der Waals surface area contributed by atoms with E-state index in [-0.39, 0.29) is 11.2 Å². The Kier molecular flexibility index (Phi) is 8.47. The van der Waals surface area contributed by atoms with Crippen LogP contribution in [0.1, 0.15) is 106 Å². The van der Waals surface area contributed by atoms with Crippen molar-refractivity contribution in [2.75, 3.05) is 0 Å². The minimum Gasteiger partial charge on any atom is -0.294 e. The number of unbranched alkanes of at least 4 members (excludes halogenated alkanes) is 4. The van der Waals surface area contributed by atoms with Crippen LogP contribution in [0.25, 0.3) is 11.1 Å². The lowest BCUT2D eigenvalue weighted by Gasteiger charge is -2.35. The first-order chi connectivity index (χ1) is 15.1. The molecule has 164 valence electrons. The molecule has 0 saturated heterocycles. The van der Waals surface area contributed by atoms with E-state index in [2.05, 4.69) is 37.3 Å². The normalized spacial score (nSPS) is 20.9. The van der Waals surface area contributed by atoms with Crippen molar-refractivity contribution in [3.8, 4) is 17.2 Å². The van der Waals surface area contributed by atoms with Gasteiger partial charge in [-0.2, -0.15) is 5.26 Å². The van der Waals surface area contributed by atoms with Gasteiger partial charge < -0.3 is 0 Å². The first kappa shape index (κ1) is 23.3. The number of hydrogen-bond donors (Lipinski definition) is 0. The van der Waals surface area contributed by atoms with Gasteiger partial charge in [0.05, 0.1) is 11.5 Å². The zero-order chi connectivity index (χ0) is 22.1. The largest absolute Gasteiger partial charge is 0.294 e. The topological polar surface area (TPSA) is 40.9 Å². The minimum atomic E-state index is -0.0830. The molecule has 0 amide bonds. The second-order valence-electron chi connectivity index (χ2n) is 9.31. The highest BCUT2D eigenvalue weighted by molar-refractivity contribution is 5.96. The molecule has 1 fully saturated rings. The Labute approximate surface area is 188 Å². The fourth-order valence-electron chi connectivity index (χ4n) is 4.99. The molecule has 0 heterocycles. The molecule has 0 bridgehead atoms. The molecule has 0 unspecified atom stereocenters. The van der Waals surface area contributed by atoms with Crippen LogP contribution in [-0.4, -0.2) is 5.78 Å². The summed E-state index contributed by atoms with van der Waals surface area (Å²) >= 11 is 0. The number of carbonyl (C=O) groups is 1. The second-order valence-corrected chi connectivity index (χ2v) is 9.31. The summed E-state index contributed by atoms with van der Waals surface area (Å²) in [6, 6.07) is 19.6. The van der Waals surface area contributed by atoms with Gasteiger partial charge in [-0.3, -0.25) is 4.79 Å². The molecule has 0 N–H and O–H groups in total. The summed E-state index contributed by atoms with van der Waals surface area (Å²) in [7, 11) is 0. The van der Waals surface area contributed by atoms with Gasteiger partial charge in [-0.15, -0.1) is 0 Å². The van der Waals surface area contributed by atoms with Crippen molar-refractivity contribution in [3.63, 3.8) is 0 Å². The van der Waals surface area contributed by atoms with E-state index in [0.29, 0.717) is 12.3 Å². The van der Waals surface area contributed by atoms with Gasteiger partial charge in [0.15, 0.2) is 5.78 Å². The van der Waals surface area contributed by atoms with Gasteiger partial charge in [0, 0.05) is 12.0 Å². The standard InChI is InChI=1S/C29H37NO/c1-3-5-6-7-8-19-29(22-30)20-17-26(18-21-29)25-11-9-23(10-12-25)24-13-15-27(16-14-24)28(31)4-2/h9-16,26H,3-8,17-21H2,1-2H3. The molecule has 2 nitrogen and oxygen atoms in total. The molecule has 1 aliphatic rings.